The molecule has 1 nitrogen and oxygen atoms in total. The topological polar surface area (TPSA) is 26.0 Å². The molecule has 3 heteroatoms. The summed E-state index contributed by atoms with van der Waals surface area (Å²) in [5, 5.41) is 0. The Morgan fingerprint density at radius 1 is 0.944 bits per heavy atom. The molecule has 1 atom stereocenters. The minimum Gasteiger partial charge on any atom is -0.320 e. The fourth-order valence-electron chi connectivity index (χ4n) is 2.02. The molecule has 2 N–H and O–H groups in total. The monoisotopic (exact) mass is 367 g/mol. The molecule has 0 bridgehead atoms. The van der Waals surface area contributed by atoms with Gasteiger partial charge in [0.05, 0.1) is 6.04 Å². The first-order chi connectivity index (χ1) is 8.49. The van der Waals surface area contributed by atoms with Crippen LogP contribution in [0.4, 0.5) is 0 Å². The van der Waals surface area contributed by atoms with Gasteiger partial charge >= 0.3 is 0 Å². The van der Waals surface area contributed by atoms with E-state index in [1.54, 1.807) is 0 Å². The number of hydrogen-bond acceptors (Lipinski definition) is 1. The molecule has 0 fully saturated rings. The first kappa shape index (κ1) is 13.8. The highest BCUT2D eigenvalue weighted by Crippen LogP contribution is 2.31. The van der Waals surface area contributed by atoms with Crippen molar-refractivity contribution in [3.8, 4) is 0 Å². The van der Waals surface area contributed by atoms with Crippen molar-refractivity contribution in [3.63, 3.8) is 0 Å². The number of benzene rings is 2. The van der Waals surface area contributed by atoms with E-state index in [-0.39, 0.29) is 6.04 Å². The van der Waals surface area contributed by atoms with Crippen LogP contribution in [0.1, 0.15) is 28.3 Å². The second-order valence-corrected chi connectivity index (χ2v) is 6.27. The molecule has 0 saturated heterocycles. The highest BCUT2D eigenvalue weighted by Gasteiger charge is 2.14. The van der Waals surface area contributed by atoms with Crippen molar-refractivity contribution < 1.29 is 0 Å². The quantitative estimate of drug-likeness (QED) is 0.803. The Morgan fingerprint density at radius 3 is 2.33 bits per heavy atom. The zero-order valence-electron chi connectivity index (χ0n) is 10.4. The summed E-state index contributed by atoms with van der Waals surface area (Å²) >= 11 is 7.03. The number of hydrogen-bond donors (Lipinski definition) is 1. The Bertz CT molecular complexity index is 579. The molecule has 2 aromatic rings. The molecule has 0 saturated carbocycles. The first-order valence-electron chi connectivity index (χ1n) is 5.76. The van der Waals surface area contributed by atoms with Gasteiger partial charge in [-0.1, -0.05) is 61.7 Å². The third kappa shape index (κ3) is 2.85. The van der Waals surface area contributed by atoms with Gasteiger partial charge in [0.2, 0.25) is 0 Å². The van der Waals surface area contributed by atoms with Crippen LogP contribution in [-0.2, 0) is 0 Å². The van der Waals surface area contributed by atoms with E-state index in [1.165, 1.54) is 16.7 Å². The lowest BCUT2D eigenvalue weighted by atomic mass is 9.94. The normalized spacial score (nSPS) is 12.5. The van der Waals surface area contributed by atoms with Crippen LogP contribution < -0.4 is 5.73 Å². The van der Waals surface area contributed by atoms with Gasteiger partial charge in [-0.3, -0.25) is 0 Å². The molecule has 0 amide bonds. The summed E-state index contributed by atoms with van der Waals surface area (Å²) in [6.07, 6.45) is 0. The molecular formula is C15H15Br2N. The van der Waals surface area contributed by atoms with Crippen molar-refractivity contribution >= 4 is 31.9 Å². The summed E-state index contributed by atoms with van der Waals surface area (Å²) in [4.78, 5) is 0. The Kier molecular flexibility index (Phi) is 4.25. The van der Waals surface area contributed by atoms with Gasteiger partial charge in [-0.25, -0.2) is 0 Å². The van der Waals surface area contributed by atoms with Crippen molar-refractivity contribution in [1.82, 2.24) is 0 Å². The number of nitrogens with two attached hydrogens (primary N) is 1. The zero-order chi connectivity index (χ0) is 13.3. The van der Waals surface area contributed by atoms with E-state index in [4.69, 9.17) is 5.73 Å². The van der Waals surface area contributed by atoms with Crippen LogP contribution in [0.5, 0.6) is 0 Å². The third-order valence-electron chi connectivity index (χ3n) is 3.07. The molecule has 0 spiro atoms. The minimum atomic E-state index is -0.104. The molecule has 2 aromatic carbocycles. The van der Waals surface area contributed by atoms with Gasteiger partial charge < -0.3 is 5.73 Å². The molecule has 0 heterocycles. The van der Waals surface area contributed by atoms with E-state index >= 15 is 0 Å². The van der Waals surface area contributed by atoms with Crippen LogP contribution in [0.15, 0.2) is 45.3 Å². The zero-order valence-corrected chi connectivity index (χ0v) is 13.5. The lowest BCUT2D eigenvalue weighted by Crippen LogP contribution is -2.14. The second kappa shape index (κ2) is 5.55. The maximum atomic E-state index is 6.39. The number of halogens is 2. The van der Waals surface area contributed by atoms with E-state index in [1.807, 2.05) is 12.1 Å². The van der Waals surface area contributed by atoms with E-state index in [9.17, 15) is 0 Å². The molecule has 0 radical (unpaired) electrons. The standard InChI is InChI=1S/C15H15Br2N/c1-9-3-4-10(2)13(7-9)15(18)12-6-5-11(16)8-14(12)17/h3-8,15H,18H2,1-2H3. The molecule has 1 unspecified atom stereocenters. The van der Waals surface area contributed by atoms with Crippen molar-refractivity contribution in [2.24, 2.45) is 5.73 Å². The first-order valence-corrected chi connectivity index (χ1v) is 7.35. The van der Waals surface area contributed by atoms with E-state index in [0.717, 1.165) is 14.5 Å². The summed E-state index contributed by atoms with van der Waals surface area (Å²) in [6, 6.07) is 12.4. The van der Waals surface area contributed by atoms with E-state index in [0.29, 0.717) is 0 Å². The average Bonchev–Trinajstić information content (AvgIpc) is 2.31. The van der Waals surface area contributed by atoms with Crippen LogP contribution in [0, 0.1) is 13.8 Å². The predicted molar refractivity (Wildman–Crippen MR) is 83.8 cm³/mol. The molecule has 18 heavy (non-hydrogen) atoms. The molecule has 0 aliphatic rings. The summed E-state index contributed by atoms with van der Waals surface area (Å²) in [5.41, 5.74) is 11.1. The fourth-order valence-corrected chi connectivity index (χ4v) is 3.31. The van der Waals surface area contributed by atoms with Crippen LogP contribution >= 0.6 is 31.9 Å². The Labute approximate surface area is 125 Å². The van der Waals surface area contributed by atoms with Crippen LogP contribution in [0.2, 0.25) is 0 Å². The van der Waals surface area contributed by atoms with Gasteiger partial charge in [-0.05, 0) is 42.7 Å². The van der Waals surface area contributed by atoms with Crippen LogP contribution in [-0.4, -0.2) is 0 Å². The van der Waals surface area contributed by atoms with E-state index in [2.05, 4.69) is 70.0 Å². The van der Waals surface area contributed by atoms with Crippen molar-refractivity contribution in [2.45, 2.75) is 19.9 Å². The van der Waals surface area contributed by atoms with Gasteiger partial charge in [0.1, 0.15) is 0 Å². The number of rotatable bonds is 2. The van der Waals surface area contributed by atoms with Crippen molar-refractivity contribution in [2.75, 3.05) is 0 Å². The maximum Gasteiger partial charge on any atom is 0.0565 e. The maximum absolute atomic E-state index is 6.39. The molecule has 0 aromatic heterocycles. The Hall–Kier alpha value is -0.640. The fraction of sp³-hybridized carbons (Fsp3) is 0.200. The molecule has 94 valence electrons. The highest BCUT2D eigenvalue weighted by atomic mass is 79.9. The molecule has 2 rings (SSSR count). The average molecular weight is 369 g/mol. The lowest BCUT2D eigenvalue weighted by Gasteiger charge is -2.17. The second-order valence-electron chi connectivity index (χ2n) is 4.50. The van der Waals surface area contributed by atoms with Crippen LogP contribution in [0.25, 0.3) is 0 Å². The Balaban J connectivity index is 2.47. The van der Waals surface area contributed by atoms with Crippen molar-refractivity contribution in [1.29, 1.82) is 0 Å². The predicted octanol–water partition coefficient (Wildman–Crippen LogP) is 4.88. The molecule has 0 aliphatic heterocycles. The third-order valence-corrected chi connectivity index (χ3v) is 4.25. The molecular weight excluding hydrogens is 354 g/mol. The van der Waals surface area contributed by atoms with Gasteiger partial charge in [-0.15, -0.1) is 0 Å². The van der Waals surface area contributed by atoms with Gasteiger partial charge in [0.15, 0.2) is 0 Å². The Morgan fingerprint density at radius 2 is 1.67 bits per heavy atom. The summed E-state index contributed by atoms with van der Waals surface area (Å²) in [5.74, 6) is 0. The highest BCUT2D eigenvalue weighted by molar-refractivity contribution is 9.11. The smallest absolute Gasteiger partial charge is 0.0565 e. The summed E-state index contributed by atoms with van der Waals surface area (Å²) in [7, 11) is 0. The minimum absolute atomic E-state index is 0.104. The van der Waals surface area contributed by atoms with Crippen LogP contribution in [0.3, 0.4) is 0 Å². The largest absolute Gasteiger partial charge is 0.320 e. The van der Waals surface area contributed by atoms with Crippen molar-refractivity contribution in [3.05, 3.63) is 67.6 Å². The SMILES string of the molecule is Cc1ccc(C)c(C(N)c2ccc(Br)cc2Br)c1. The van der Waals surface area contributed by atoms with Gasteiger partial charge in [0, 0.05) is 8.95 Å². The lowest BCUT2D eigenvalue weighted by molar-refractivity contribution is 0.854. The van der Waals surface area contributed by atoms with E-state index < -0.39 is 0 Å². The number of aryl methyl sites for hydroxylation is 2. The van der Waals surface area contributed by atoms with Gasteiger partial charge in [-0.2, -0.15) is 0 Å². The van der Waals surface area contributed by atoms with Gasteiger partial charge in [0.25, 0.3) is 0 Å². The molecule has 0 aliphatic carbocycles. The summed E-state index contributed by atoms with van der Waals surface area (Å²) in [6.45, 7) is 4.19. The summed E-state index contributed by atoms with van der Waals surface area (Å²) < 4.78 is 2.08.